The van der Waals surface area contributed by atoms with Crippen LogP contribution in [0.1, 0.15) is 20.8 Å². The molecule has 0 fully saturated rings. The smallest absolute Gasteiger partial charge is 0.345 e. The molecular weight excluding hydrogens is 168 g/mol. The summed E-state index contributed by atoms with van der Waals surface area (Å²) < 4.78 is 0. The van der Waals surface area contributed by atoms with Crippen molar-refractivity contribution < 1.29 is 20.1 Å². The van der Waals surface area contributed by atoms with Crippen LogP contribution in [-0.4, -0.2) is 21.3 Å². The summed E-state index contributed by atoms with van der Waals surface area (Å²) in [6.07, 6.45) is -1.58. The average molecular weight is 174 g/mol. The van der Waals surface area contributed by atoms with Gasteiger partial charge in [0.25, 0.3) is 0 Å². The molecule has 60 valence electrons. The predicted molar refractivity (Wildman–Crippen MR) is 38.5 cm³/mol. The normalized spacial score (nSPS) is 10.5. The van der Waals surface area contributed by atoms with E-state index in [-0.39, 0.29) is 9.75 Å². The maximum Gasteiger partial charge on any atom is 0.345 e. The van der Waals surface area contributed by atoms with Crippen molar-refractivity contribution >= 4 is 17.3 Å². The molecule has 0 spiro atoms. The Morgan fingerprint density at radius 1 is 1.45 bits per heavy atom. The van der Waals surface area contributed by atoms with Crippen molar-refractivity contribution in [2.24, 2.45) is 0 Å². The molecule has 1 aromatic heterocycles. The van der Waals surface area contributed by atoms with Crippen LogP contribution in [0, 0.1) is 0 Å². The van der Waals surface area contributed by atoms with Gasteiger partial charge in [-0.05, 0) is 12.1 Å². The van der Waals surface area contributed by atoms with Gasteiger partial charge in [0, 0.05) is 0 Å². The van der Waals surface area contributed by atoms with E-state index >= 15 is 0 Å². The summed E-state index contributed by atoms with van der Waals surface area (Å²) in [5.74, 6) is -1.05. The van der Waals surface area contributed by atoms with Crippen molar-refractivity contribution in [1.29, 1.82) is 0 Å². The molecule has 1 rings (SSSR count). The van der Waals surface area contributed by atoms with Gasteiger partial charge in [0.05, 0.1) is 4.88 Å². The Hall–Kier alpha value is -0.910. The molecular formula is C6H6O4S. The van der Waals surface area contributed by atoms with E-state index in [0.29, 0.717) is 0 Å². The van der Waals surface area contributed by atoms with E-state index < -0.39 is 12.3 Å². The molecule has 0 saturated carbocycles. The minimum Gasteiger partial charge on any atom is -0.477 e. The Bertz CT molecular complexity index is 265. The number of aliphatic hydroxyl groups excluding tert-OH is 1. The van der Waals surface area contributed by atoms with Crippen LogP contribution in [0.4, 0.5) is 0 Å². The van der Waals surface area contributed by atoms with E-state index in [1.165, 1.54) is 12.1 Å². The number of aliphatic hydroxyl groups is 2. The van der Waals surface area contributed by atoms with Gasteiger partial charge >= 0.3 is 5.97 Å². The van der Waals surface area contributed by atoms with Gasteiger partial charge in [-0.15, -0.1) is 11.3 Å². The van der Waals surface area contributed by atoms with E-state index in [4.69, 9.17) is 15.3 Å². The van der Waals surface area contributed by atoms with E-state index in [1.54, 1.807) is 0 Å². The molecule has 5 heteroatoms. The Labute approximate surface area is 66.3 Å². The summed E-state index contributed by atoms with van der Waals surface area (Å²) in [5.41, 5.74) is 0. The number of aromatic carboxylic acids is 1. The van der Waals surface area contributed by atoms with Crippen LogP contribution >= 0.6 is 11.3 Å². The zero-order valence-electron chi connectivity index (χ0n) is 5.39. The van der Waals surface area contributed by atoms with Crippen molar-refractivity contribution in [2.75, 3.05) is 0 Å². The van der Waals surface area contributed by atoms with Crippen molar-refractivity contribution in [3.8, 4) is 0 Å². The van der Waals surface area contributed by atoms with E-state index in [0.717, 1.165) is 11.3 Å². The van der Waals surface area contributed by atoms with Crippen LogP contribution in [0.25, 0.3) is 0 Å². The molecule has 0 aliphatic heterocycles. The van der Waals surface area contributed by atoms with Gasteiger partial charge in [-0.3, -0.25) is 0 Å². The van der Waals surface area contributed by atoms with Crippen LogP contribution in [-0.2, 0) is 0 Å². The molecule has 0 aromatic carbocycles. The van der Waals surface area contributed by atoms with E-state index in [1.807, 2.05) is 0 Å². The quantitative estimate of drug-likeness (QED) is 0.568. The SMILES string of the molecule is O=C(O)c1ccc(C(O)O)s1. The van der Waals surface area contributed by atoms with Crippen LogP contribution in [0.5, 0.6) is 0 Å². The summed E-state index contributed by atoms with van der Waals surface area (Å²) in [4.78, 5) is 10.6. The molecule has 11 heavy (non-hydrogen) atoms. The molecule has 1 aromatic rings. The van der Waals surface area contributed by atoms with E-state index in [9.17, 15) is 4.79 Å². The fourth-order valence-corrected chi connectivity index (χ4v) is 1.33. The highest BCUT2D eigenvalue weighted by Gasteiger charge is 2.10. The van der Waals surface area contributed by atoms with Crippen LogP contribution in [0.2, 0.25) is 0 Å². The Morgan fingerprint density at radius 2 is 2.09 bits per heavy atom. The maximum atomic E-state index is 10.3. The van der Waals surface area contributed by atoms with Crippen molar-refractivity contribution in [3.63, 3.8) is 0 Å². The average Bonchev–Trinajstić information content (AvgIpc) is 2.33. The van der Waals surface area contributed by atoms with Crippen molar-refractivity contribution in [3.05, 3.63) is 21.9 Å². The zero-order valence-corrected chi connectivity index (χ0v) is 6.21. The molecule has 1 heterocycles. The summed E-state index contributed by atoms with van der Waals surface area (Å²) >= 11 is 0.850. The molecule has 4 nitrogen and oxygen atoms in total. The van der Waals surface area contributed by atoms with Gasteiger partial charge in [0.15, 0.2) is 6.29 Å². The predicted octanol–water partition coefficient (Wildman–Crippen LogP) is 0.430. The highest BCUT2D eigenvalue weighted by Crippen LogP contribution is 2.21. The number of thiophene rings is 1. The van der Waals surface area contributed by atoms with Gasteiger partial charge < -0.3 is 15.3 Å². The first-order valence-electron chi connectivity index (χ1n) is 2.80. The molecule has 0 atom stereocenters. The Morgan fingerprint density at radius 3 is 2.36 bits per heavy atom. The lowest BCUT2D eigenvalue weighted by atomic mass is 10.4. The fraction of sp³-hybridized carbons (Fsp3) is 0.167. The van der Waals surface area contributed by atoms with Crippen LogP contribution in [0.15, 0.2) is 12.1 Å². The molecule has 0 unspecified atom stereocenters. The molecule has 0 aliphatic rings. The van der Waals surface area contributed by atoms with Crippen LogP contribution in [0.3, 0.4) is 0 Å². The minimum atomic E-state index is -1.58. The molecule has 0 saturated heterocycles. The fourth-order valence-electron chi connectivity index (χ4n) is 0.607. The number of hydrogen-bond acceptors (Lipinski definition) is 4. The number of carboxylic acid groups (broad SMARTS) is 1. The van der Waals surface area contributed by atoms with Gasteiger partial charge in [0.1, 0.15) is 4.88 Å². The second-order valence-electron chi connectivity index (χ2n) is 1.88. The molecule has 0 amide bonds. The van der Waals surface area contributed by atoms with E-state index in [2.05, 4.69) is 0 Å². The number of rotatable bonds is 2. The number of carbonyl (C=O) groups is 1. The largest absolute Gasteiger partial charge is 0.477 e. The third-order valence-corrected chi connectivity index (χ3v) is 2.21. The maximum absolute atomic E-state index is 10.3. The second-order valence-corrected chi connectivity index (χ2v) is 3.00. The highest BCUT2D eigenvalue weighted by atomic mass is 32.1. The molecule has 0 aliphatic carbocycles. The lowest BCUT2D eigenvalue weighted by molar-refractivity contribution is -0.0395. The standard InChI is InChI=1S/C6H6O4S/c7-5(8)3-1-2-4(11-3)6(9)10/h1-2,5,7-8H,(H,9,10). The molecule has 3 N–H and O–H groups in total. The summed E-state index contributed by atoms with van der Waals surface area (Å²) in [6, 6.07) is 2.71. The summed E-state index contributed by atoms with van der Waals surface area (Å²) in [5, 5.41) is 25.6. The second kappa shape index (κ2) is 3.00. The Kier molecular flexibility index (Phi) is 2.23. The van der Waals surface area contributed by atoms with Gasteiger partial charge in [-0.25, -0.2) is 4.79 Å². The lowest BCUT2D eigenvalue weighted by Gasteiger charge is -1.95. The van der Waals surface area contributed by atoms with Crippen molar-refractivity contribution in [1.82, 2.24) is 0 Å². The molecule has 0 bridgehead atoms. The topological polar surface area (TPSA) is 77.8 Å². The first-order valence-corrected chi connectivity index (χ1v) is 3.62. The first-order chi connectivity index (χ1) is 5.11. The highest BCUT2D eigenvalue weighted by molar-refractivity contribution is 7.13. The van der Waals surface area contributed by atoms with Gasteiger partial charge in [-0.1, -0.05) is 0 Å². The zero-order chi connectivity index (χ0) is 8.43. The first kappa shape index (κ1) is 8.19. The van der Waals surface area contributed by atoms with Gasteiger partial charge in [0.2, 0.25) is 0 Å². The summed E-state index contributed by atoms with van der Waals surface area (Å²) in [6.45, 7) is 0. The Balaban J connectivity index is 2.90. The third-order valence-electron chi connectivity index (χ3n) is 1.09. The number of carboxylic acids is 1. The van der Waals surface area contributed by atoms with Crippen molar-refractivity contribution in [2.45, 2.75) is 6.29 Å². The number of hydrogen-bond donors (Lipinski definition) is 3. The van der Waals surface area contributed by atoms with Crippen LogP contribution < -0.4 is 0 Å². The third kappa shape index (κ3) is 1.76. The minimum absolute atomic E-state index is 0.105. The lowest BCUT2D eigenvalue weighted by Crippen LogP contribution is -1.91. The molecule has 0 radical (unpaired) electrons. The monoisotopic (exact) mass is 174 g/mol. The summed E-state index contributed by atoms with van der Waals surface area (Å²) in [7, 11) is 0. The van der Waals surface area contributed by atoms with Gasteiger partial charge in [-0.2, -0.15) is 0 Å².